The predicted molar refractivity (Wildman–Crippen MR) is 87.7 cm³/mol. The molecular weight excluding hydrogens is 293 g/mol. The first-order valence-electron chi connectivity index (χ1n) is 7.91. The van der Waals surface area contributed by atoms with Gasteiger partial charge in [-0.25, -0.2) is 9.37 Å². The monoisotopic (exact) mass is 315 g/mol. The SMILES string of the molecule is COc1cc(CN2CCN(Cc3ccccc3F)CC2)ccn1. The number of hydrogen-bond acceptors (Lipinski definition) is 4. The molecule has 0 atom stereocenters. The van der Waals surface area contributed by atoms with E-state index >= 15 is 0 Å². The van der Waals surface area contributed by atoms with Crippen LogP contribution in [-0.4, -0.2) is 48.1 Å². The topological polar surface area (TPSA) is 28.6 Å². The van der Waals surface area contributed by atoms with Gasteiger partial charge in [0.15, 0.2) is 0 Å². The molecule has 5 heteroatoms. The highest BCUT2D eigenvalue weighted by atomic mass is 19.1. The lowest BCUT2D eigenvalue weighted by molar-refractivity contribution is 0.121. The zero-order valence-electron chi connectivity index (χ0n) is 13.4. The lowest BCUT2D eigenvalue weighted by Gasteiger charge is -2.34. The summed E-state index contributed by atoms with van der Waals surface area (Å²) in [5.74, 6) is 0.541. The second kappa shape index (κ2) is 7.53. The van der Waals surface area contributed by atoms with Gasteiger partial charge in [0.25, 0.3) is 0 Å². The fourth-order valence-corrected chi connectivity index (χ4v) is 2.89. The van der Waals surface area contributed by atoms with Gasteiger partial charge in [-0.1, -0.05) is 18.2 Å². The van der Waals surface area contributed by atoms with Crippen molar-refractivity contribution >= 4 is 0 Å². The van der Waals surface area contributed by atoms with Gasteiger partial charge in [0.2, 0.25) is 5.88 Å². The molecule has 4 nitrogen and oxygen atoms in total. The molecule has 23 heavy (non-hydrogen) atoms. The van der Waals surface area contributed by atoms with Crippen molar-refractivity contribution in [2.45, 2.75) is 13.1 Å². The summed E-state index contributed by atoms with van der Waals surface area (Å²) in [5.41, 5.74) is 1.99. The Labute approximate surface area is 136 Å². The molecule has 2 heterocycles. The van der Waals surface area contributed by atoms with Gasteiger partial charge in [0.1, 0.15) is 5.82 Å². The molecule has 1 aromatic carbocycles. The van der Waals surface area contributed by atoms with E-state index in [1.807, 2.05) is 24.3 Å². The van der Waals surface area contributed by atoms with Gasteiger partial charge in [-0.15, -0.1) is 0 Å². The number of aromatic nitrogens is 1. The van der Waals surface area contributed by atoms with Gasteiger partial charge in [-0.2, -0.15) is 0 Å². The molecule has 0 spiro atoms. The van der Waals surface area contributed by atoms with Crippen LogP contribution < -0.4 is 4.74 Å². The maximum atomic E-state index is 13.7. The number of halogens is 1. The average molecular weight is 315 g/mol. The number of hydrogen-bond donors (Lipinski definition) is 0. The molecule has 1 aliphatic heterocycles. The highest BCUT2D eigenvalue weighted by molar-refractivity contribution is 5.20. The van der Waals surface area contributed by atoms with Crippen LogP contribution in [0.5, 0.6) is 5.88 Å². The lowest BCUT2D eigenvalue weighted by Crippen LogP contribution is -2.45. The first-order chi connectivity index (χ1) is 11.2. The number of rotatable bonds is 5. The molecular formula is C18H22FN3O. The molecule has 0 bridgehead atoms. The Morgan fingerprint density at radius 2 is 1.74 bits per heavy atom. The fraction of sp³-hybridized carbons (Fsp3) is 0.389. The van der Waals surface area contributed by atoms with Crippen LogP contribution in [0.25, 0.3) is 0 Å². The molecule has 0 aliphatic carbocycles. The van der Waals surface area contributed by atoms with E-state index in [9.17, 15) is 4.39 Å². The minimum absolute atomic E-state index is 0.112. The molecule has 1 aromatic heterocycles. The van der Waals surface area contributed by atoms with Gasteiger partial charge in [-0.3, -0.25) is 9.80 Å². The Morgan fingerprint density at radius 1 is 1.04 bits per heavy atom. The summed E-state index contributed by atoms with van der Waals surface area (Å²) in [6, 6.07) is 11.0. The number of nitrogens with zero attached hydrogens (tertiary/aromatic N) is 3. The van der Waals surface area contributed by atoms with Gasteiger partial charge < -0.3 is 4.74 Å². The van der Waals surface area contributed by atoms with Gasteiger partial charge in [-0.05, 0) is 17.7 Å². The first kappa shape index (κ1) is 15.9. The summed E-state index contributed by atoms with van der Waals surface area (Å²) in [7, 11) is 1.63. The first-order valence-corrected chi connectivity index (χ1v) is 7.91. The average Bonchev–Trinajstić information content (AvgIpc) is 2.59. The molecule has 3 rings (SSSR count). The van der Waals surface area contributed by atoms with Crippen LogP contribution in [0.15, 0.2) is 42.6 Å². The Kier molecular flexibility index (Phi) is 5.20. The van der Waals surface area contributed by atoms with E-state index in [4.69, 9.17) is 4.74 Å². The summed E-state index contributed by atoms with van der Waals surface area (Å²) in [5, 5.41) is 0. The molecule has 0 radical (unpaired) electrons. The standard InChI is InChI=1S/C18H22FN3O/c1-23-18-12-15(6-7-20-18)13-21-8-10-22(11-9-21)14-16-4-2-3-5-17(16)19/h2-7,12H,8-11,13-14H2,1H3. The zero-order valence-corrected chi connectivity index (χ0v) is 13.4. The van der Waals surface area contributed by atoms with Crippen molar-refractivity contribution in [1.29, 1.82) is 0 Å². The molecule has 0 unspecified atom stereocenters. The number of pyridine rings is 1. The van der Waals surface area contributed by atoms with E-state index in [1.165, 1.54) is 11.6 Å². The summed E-state index contributed by atoms with van der Waals surface area (Å²) < 4.78 is 18.9. The normalized spacial score (nSPS) is 16.4. The van der Waals surface area contributed by atoms with Crippen molar-refractivity contribution in [1.82, 2.24) is 14.8 Å². The maximum absolute atomic E-state index is 13.7. The van der Waals surface area contributed by atoms with Crippen LogP contribution in [0.1, 0.15) is 11.1 Å². The minimum atomic E-state index is -0.112. The van der Waals surface area contributed by atoms with Crippen LogP contribution in [-0.2, 0) is 13.1 Å². The van der Waals surface area contributed by atoms with Crippen molar-refractivity contribution in [3.63, 3.8) is 0 Å². The third kappa shape index (κ3) is 4.27. The Hall–Kier alpha value is -1.98. The van der Waals surface area contributed by atoms with E-state index < -0.39 is 0 Å². The van der Waals surface area contributed by atoms with E-state index in [0.717, 1.165) is 38.3 Å². The van der Waals surface area contributed by atoms with E-state index in [1.54, 1.807) is 19.4 Å². The quantitative estimate of drug-likeness (QED) is 0.848. The molecule has 2 aromatic rings. The predicted octanol–water partition coefficient (Wildman–Crippen LogP) is 2.55. The fourth-order valence-electron chi connectivity index (χ4n) is 2.89. The van der Waals surface area contributed by atoms with Crippen LogP contribution in [0.4, 0.5) is 4.39 Å². The molecule has 0 N–H and O–H groups in total. The molecule has 0 saturated carbocycles. The Morgan fingerprint density at radius 3 is 2.43 bits per heavy atom. The second-order valence-electron chi connectivity index (χ2n) is 5.85. The number of benzene rings is 1. The molecule has 122 valence electrons. The van der Waals surface area contributed by atoms with Crippen LogP contribution in [0.2, 0.25) is 0 Å². The number of methoxy groups -OCH3 is 1. The van der Waals surface area contributed by atoms with Crippen molar-refractivity contribution in [3.8, 4) is 5.88 Å². The zero-order chi connectivity index (χ0) is 16.1. The largest absolute Gasteiger partial charge is 0.481 e. The lowest BCUT2D eigenvalue weighted by atomic mass is 10.1. The van der Waals surface area contributed by atoms with E-state index in [0.29, 0.717) is 12.4 Å². The summed E-state index contributed by atoms with van der Waals surface area (Å²) >= 11 is 0. The molecule has 1 fully saturated rings. The van der Waals surface area contributed by atoms with E-state index in [-0.39, 0.29) is 5.82 Å². The highest BCUT2D eigenvalue weighted by Gasteiger charge is 2.18. The van der Waals surface area contributed by atoms with E-state index in [2.05, 4.69) is 14.8 Å². The van der Waals surface area contributed by atoms with Crippen molar-refractivity contribution in [2.24, 2.45) is 0 Å². The van der Waals surface area contributed by atoms with Crippen molar-refractivity contribution in [2.75, 3.05) is 33.3 Å². The summed E-state index contributed by atoms with van der Waals surface area (Å²) in [6.45, 7) is 5.46. The Balaban J connectivity index is 1.51. The minimum Gasteiger partial charge on any atom is -0.481 e. The molecule has 0 amide bonds. The van der Waals surface area contributed by atoms with Gasteiger partial charge >= 0.3 is 0 Å². The number of ether oxygens (including phenoxy) is 1. The molecule has 1 aliphatic rings. The van der Waals surface area contributed by atoms with Crippen molar-refractivity contribution in [3.05, 3.63) is 59.5 Å². The smallest absolute Gasteiger partial charge is 0.213 e. The highest BCUT2D eigenvalue weighted by Crippen LogP contribution is 2.15. The van der Waals surface area contributed by atoms with Crippen LogP contribution in [0.3, 0.4) is 0 Å². The third-order valence-corrected chi connectivity index (χ3v) is 4.23. The summed E-state index contributed by atoms with van der Waals surface area (Å²) in [6.07, 6.45) is 1.78. The van der Waals surface area contributed by atoms with Crippen LogP contribution in [0, 0.1) is 5.82 Å². The third-order valence-electron chi connectivity index (χ3n) is 4.23. The van der Waals surface area contributed by atoms with Gasteiger partial charge in [0.05, 0.1) is 7.11 Å². The Bertz CT molecular complexity index is 642. The van der Waals surface area contributed by atoms with Crippen molar-refractivity contribution < 1.29 is 9.13 Å². The second-order valence-corrected chi connectivity index (χ2v) is 5.85. The maximum Gasteiger partial charge on any atom is 0.213 e. The summed E-state index contributed by atoms with van der Waals surface area (Å²) in [4.78, 5) is 8.85. The number of piperazine rings is 1. The van der Waals surface area contributed by atoms with Gasteiger partial charge in [0, 0.05) is 57.1 Å². The molecule has 1 saturated heterocycles. The van der Waals surface area contributed by atoms with Crippen LogP contribution >= 0.6 is 0 Å².